The van der Waals surface area contributed by atoms with E-state index in [1.54, 1.807) is 23.1 Å². The van der Waals surface area contributed by atoms with E-state index in [9.17, 15) is 23.1 Å². The van der Waals surface area contributed by atoms with E-state index in [0.717, 1.165) is 0 Å². The van der Waals surface area contributed by atoms with Gasteiger partial charge in [0.2, 0.25) is 5.91 Å². The SMILES string of the molecule is COCCN(C(=O)CCc1ccccc1C(=O)O)C1CCS(=O)(=O)C1. The summed E-state index contributed by atoms with van der Waals surface area (Å²) in [5.74, 6) is -1.13. The number of carboxylic acids is 1. The Morgan fingerprint density at radius 1 is 1.32 bits per heavy atom. The van der Waals surface area contributed by atoms with Gasteiger partial charge in [-0.25, -0.2) is 13.2 Å². The fourth-order valence-corrected chi connectivity index (χ4v) is 4.78. The molecule has 0 bridgehead atoms. The molecule has 1 aliphatic rings. The van der Waals surface area contributed by atoms with Crippen molar-refractivity contribution in [1.82, 2.24) is 4.90 Å². The van der Waals surface area contributed by atoms with Gasteiger partial charge in [0, 0.05) is 26.1 Å². The minimum absolute atomic E-state index is 0.0197. The molecule has 0 aromatic heterocycles. The Labute approximate surface area is 147 Å². The molecule has 1 fully saturated rings. The molecule has 25 heavy (non-hydrogen) atoms. The summed E-state index contributed by atoms with van der Waals surface area (Å²) in [6.07, 6.45) is 0.859. The van der Waals surface area contributed by atoms with Gasteiger partial charge in [0.1, 0.15) is 0 Å². The van der Waals surface area contributed by atoms with E-state index in [1.165, 1.54) is 13.2 Å². The van der Waals surface area contributed by atoms with Crippen LogP contribution in [-0.4, -0.2) is 68.1 Å². The van der Waals surface area contributed by atoms with E-state index in [2.05, 4.69) is 0 Å². The van der Waals surface area contributed by atoms with E-state index in [4.69, 9.17) is 4.74 Å². The molecule has 0 saturated carbocycles. The Balaban J connectivity index is 2.06. The number of hydrogen-bond donors (Lipinski definition) is 1. The fraction of sp³-hybridized carbons (Fsp3) is 0.529. The lowest BCUT2D eigenvalue weighted by Gasteiger charge is -2.28. The highest BCUT2D eigenvalue weighted by Gasteiger charge is 2.34. The van der Waals surface area contributed by atoms with E-state index in [-0.39, 0.29) is 35.4 Å². The van der Waals surface area contributed by atoms with Gasteiger partial charge in [-0.05, 0) is 24.5 Å². The van der Waals surface area contributed by atoms with Crippen LogP contribution < -0.4 is 0 Å². The number of sulfone groups is 1. The van der Waals surface area contributed by atoms with Crippen molar-refractivity contribution in [3.8, 4) is 0 Å². The zero-order valence-electron chi connectivity index (χ0n) is 14.2. The molecule has 0 spiro atoms. The number of carbonyl (C=O) groups is 2. The highest BCUT2D eigenvalue weighted by Crippen LogP contribution is 2.20. The van der Waals surface area contributed by atoms with E-state index in [0.29, 0.717) is 31.6 Å². The molecular weight excluding hydrogens is 346 g/mol. The Morgan fingerprint density at radius 3 is 2.64 bits per heavy atom. The van der Waals surface area contributed by atoms with Gasteiger partial charge in [-0.1, -0.05) is 18.2 Å². The van der Waals surface area contributed by atoms with Crippen LogP contribution in [0.4, 0.5) is 0 Å². The smallest absolute Gasteiger partial charge is 0.335 e. The highest BCUT2D eigenvalue weighted by molar-refractivity contribution is 7.91. The predicted molar refractivity (Wildman–Crippen MR) is 92.4 cm³/mol. The molecule has 1 heterocycles. The van der Waals surface area contributed by atoms with Crippen molar-refractivity contribution in [2.24, 2.45) is 0 Å². The molecule has 8 heteroatoms. The number of carboxylic acid groups (broad SMARTS) is 1. The molecular formula is C17H23NO6S. The number of amides is 1. The molecule has 0 radical (unpaired) electrons. The van der Waals surface area contributed by atoms with Crippen LogP contribution in [-0.2, 0) is 25.8 Å². The third kappa shape index (κ3) is 5.27. The number of methoxy groups -OCH3 is 1. The molecule has 1 N–H and O–H groups in total. The topological polar surface area (TPSA) is 101 Å². The van der Waals surface area contributed by atoms with E-state index < -0.39 is 15.8 Å². The Bertz CT molecular complexity index is 730. The Morgan fingerprint density at radius 2 is 2.04 bits per heavy atom. The monoisotopic (exact) mass is 369 g/mol. The average Bonchev–Trinajstić information content (AvgIpc) is 2.93. The number of aryl methyl sites for hydroxylation is 1. The van der Waals surface area contributed by atoms with Crippen LogP contribution in [0.1, 0.15) is 28.8 Å². The number of nitrogens with zero attached hydrogens (tertiary/aromatic N) is 1. The standard InChI is InChI=1S/C17H23NO6S/c1-24-10-9-18(14-8-11-25(22,23)12-14)16(19)7-6-13-4-2-3-5-15(13)17(20)21/h2-5,14H,6-12H2,1H3,(H,20,21). The van der Waals surface area contributed by atoms with Crippen molar-refractivity contribution in [3.63, 3.8) is 0 Å². The normalized spacial score (nSPS) is 18.8. The average molecular weight is 369 g/mol. The Kier molecular flexibility index (Phi) is 6.55. The van der Waals surface area contributed by atoms with Gasteiger partial charge < -0.3 is 14.7 Å². The number of carbonyl (C=O) groups excluding carboxylic acids is 1. The first-order valence-electron chi connectivity index (χ1n) is 8.14. The van der Waals surface area contributed by atoms with Gasteiger partial charge in [0.05, 0.1) is 23.7 Å². The summed E-state index contributed by atoms with van der Waals surface area (Å²) in [6, 6.07) is 6.24. The zero-order chi connectivity index (χ0) is 18.4. The van der Waals surface area contributed by atoms with Crippen LogP contribution in [0.2, 0.25) is 0 Å². The minimum Gasteiger partial charge on any atom is -0.478 e. The summed E-state index contributed by atoms with van der Waals surface area (Å²) in [6.45, 7) is 0.657. The quantitative estimate of drug-likeness (QED) is 0.733. The lowest BCUT2D eigenvalue weighted by atomic mass is 10.0. The van der Waals surface area contributed by atoms with Crippen LogP contribution >= 0.6 is 0 Å². The third-order valence-electron chi connectivity index (χ3n) is 4.36. The second kappa shape index (κ2) is 8.44. The molecule has 1 amide bonds. The maximum Gasteiger partial charge on any atom is 0.335 e. The summed E-state index contributed by atoms with van der Waals surface area (Å²) in [4.78, 5) is 25.4. The second-order valence-electron chi connectivity index (χ2n) is 6.10. The summed E-state index contributed by atoms with van der Waals surface area (Å²) in [7, 11) is -1.57. The molecule has 1 aliphatic heterocycles. The molecule has 7 nitrogen and oxygen atoms in total. The lowest BCUT2D eigenvalue weighted by Crippen LogP contribution is -2.43. The molecule has 1 unspecified atom stereocenters. The largest absolute Gasteiger partial charge is 0.478 e. The second-order valence-corrected chi connectivity index (χ2v) is 8.33. The van der Waals surface area contributed by atoms with Crippen molar-refractivity contribution in [3.05, 3.63) is 35.4 Å². The summed E-state index contributed by atoms with van der Waals surface area (Å²) in [5, 5.41) is 9.21. The number of aromatic carboxylic acids is 1. The van der Waals surface area contributed by atoms with Crippen molar-refractivity contribution in [1.29, 1.82) is 0 Å². The molecule has 138 valence electrons. The Hall–Kier alpha value is -1.93. The first-order chi connectivity index (χ1) is 11.8. The maximum atomic E-state index is 12.6. The lowest BCUT2D eigenvalue weighted by molar-refractivity contribution is -0.133. The van der Waals surface area contributed by atoms with Gasteiger partial charge in [0.25, 0.3) is 0 Å². The number of benzene rings is 1. The molecule has 1 saturated heterocycles. The zero-order valence-corrected chi connectivity index (χ0v) is 15.0. The fourth-order valence-electron chi connectivity index (χ4n) is 3.05. The highest BCUT2D eigenvalue weighted by atomic mass is 32.2. The van der Waals surface area contributed by atoms with Crippen molar-refractivity contribution < 1.29 is 27.9 Å². The number of ether oxygens (including phenoxy) is 1. The van der Waals surface area contributed by atoms with Crippen LogP contribution in [0.3, 0.4) is 0 Å². The van der Waals surface area contributed by atoms with Crippen LogP contribution in [0.15, 0.2) is 24.3 Å². The van der Waals surface area contributed by atoms with E-state index >= 15 is 0 Å². The van der Waals surface area contributed by atoms with Gasteiger partial charge in [-0.3, -0.25) is 4.79 Å². The van der Waals surface area contributed by atoms with Gasteiger partial charge >= 0.3 is 5.97 Å². The molecule has 0 aliphatic carbocycles. The van der Waals surface area contributed by atoms with E-state index in [1.807, 2.05) is 0 Å². The predicted octanol–water partition coefficient (Wildman–Crippen LogP) is 0.980. The summed E-state index contributed by atoms with van der Waals surface area (Å²) >= 11 is 0. The summed E-state index contributed by atoms with van der Waals surface area (Å²) < 4.78 is 28.4. The van der Waals surface area contributed by atoms with Crippen LogP contribution in [0.25, 0.3) is 0 Å². The maximum absolute atomic E-state index is 12.6. The first kappa shape index (κ1) is 19.4. The van der Waals surface area contributed by atoms with Crippen molar-refractivity contribution in [2.45, 2.75) is 25.3 Å². The summed E-state index contributed by atoms with van der Waals surface area (Å²) in [5.41, 5.74) is 0.774. The van der Waals surface area contributed by atoms with Crippen molar-refractivity contribution >= 4 is 21.7 Å². The minimum atomic E-state index is -3.10. The third-order valence-corrected chi connectivity index (χ3v) is 6.11. The molecule has 1 aromatic carbocycles. The van der Waals surface area contributed by atoms with Gasteiger partial charge in [-0.15, -0.1) is 0 Å². The molecule has 1 aromatic rings. The van der Waals surface area contributed by atoms with Crippen molar-refractivity contribution in [2.75, 3.05) is 31.8 Å². The molecule has 2 rings (SSSR count). The number of hydrogen-bond acceptors (Lipinski definition) is 5. The first-order valence-corrected chi connectivity index (χ1v) is 9.96. The van der Waals surface area contributed by atoms with Gasteiger partial charge in [0.15, 0.2) is 9.84 Å². The van der Waals surface area contributed by atoms with Crippen LogP contribution in [0.5, 0.6) is 0 Å². The number of rotatable bonds is 8. The van der Waals surface area contributed by atoms with Gasteiger partial charge in [-0.2, -0.15) is 0 Å². The molecule has 1 atom stereocenters. The van der Waals surface area contributed by atoms with Crippen LogP contribution in [0, 0.1) is 0 Å².